The number of carbonyl (C=O) groups is 3. The van der Waals surface area contributed by atoms with Gasteiger partial charge in [0.1, 0.15) is 12.1 Å². The molecule has 0 aromatic rings. The second kappa shape index (κ2) is 10.3. The number of rotatable bonds is 10. The molecule has 140 valence electrons. The Morgan fingerprint density at radius 2 is 1.38 bits per heavy atom. The van der Waals surface area contributed by atoms with Gasteiger partial charge in [0.15, 0.2) is 0 Å². The summed E-state index contributed by atoms with van der Waals surface area (Å²) in [6.07, 6.45) is 0.933. The van der Waals surface area contributed by atoms with Crippen molar-refractivity contribution in [1.29, 1.82) is 0 Å². The Balaban J connectivity index is 5.01. The van der Waals surface area contributed by atoms with Crippen LogP contribution >= 0.6 is 0 Å². The van der Waals surface area contributed by atoms with Gasteiger partial charge >= 0.3 is 5.97 Å². The van der Waals surface area contributed by atoms with Crippen LogP contribution in [-0.2, 0) is 14.4 Å². The smallest absolute Gasteiger partial charge is 0.326 e. The van der Waals surface area contributed by atoms with E-state index >= 15 is 0 Å². The Hall–Kier alpha value is -1.63. The molecule has 0 unspecified atom stereocenters. The van der Waals surface area contributed by atoms with Gasteiger partial charge in [-0.25, -0.2) is 4.79 Å². The summed E-state index contributed by atoms with van der Waals surface area (Å²) >= 11 is 0. The van der Waals surface area contributed by atoms with Gasteiger partial charge in [0.2, 0.25) is 11.8 Å². The maximum atomic E-state index is 12.4. The molecule has 0 saturated heterocycles. The maximum Gasteiger partial charge on any atom is 0.326 e. The lowest BCUT2D eigenvalue weighted by Crippen LogP contribution is -2.55. The van der Waals surface area contributed by atoms with Crippen molar-refractivity contribution in [1.82, 2.24) is 10.6 Å². The van der Waals surface area contributed by atoms with Gasteiger partial charge in [0, 0.05) is 0 Å². The van der Waals surface area contributed by atoms with Crippen molar-refractivity contribution >= 4 is 17.8 Å². The quantitative estimate of drug-likeness (QED) is 0.473. The molecule has 0 aliphatic rings. The first-order valence-electron chi connectivity index (χ1n) is 8.54. The van der Waals surface area contributed by atoms with E-state index < -0.39 is 30.0 Å². The lowest BCUT2D eigenvalue weighted by atomic mass is 9.99. The summed E-state index contributed by atoms with van der Waals surface area (Å²) in [6.45, 7) is 11.2. The molecule has 0 aliphatic carbocycles. The normalized spacial score (nSPS) is 15.2. The van der Waals surface area contributed by atoms with Gasteiger partial charge in [-0.3, -0.25) is 9.59 Å². The van der Waals surface area contributed by atoms with E-state index in [2.05, 4.69) is 10.6 Å². The second-order valence-electron chi connectivity index (χ2n) is 7.50. The zero-order chi connectivity index (χ0) is 19.0. The SMILES string of the molecule is CC(C)C[C@H](NC(=O)[C@@H](N)CC(C)C)C(=O)N[C@H](C(=O)O)C(C)C. The van der Waals surface area contributed by atoms with E-state index in [0.717, 1.165) is 0 Å². The van der Waals surface area contributed by atoms with Gasteiger partial charge in [-0.1, -0.05) is 41.5 Å². The molecule has 3 atom stereocenters. The van der Waals surface area contributed by atoms with Gasteiger partial charge in [-0.2, -0.15) is 0 Å². The summed E-state index contributed by atoms with van der Waals surface area (Å²) < 4.78 is 0. The molecule has 0 aromatic carbocycles. The molecule has 0 radical (unpaired) electrons. The van der Waals surface area contributed by atoms with Crippen molar-refractivity contribution in [3.05, 3.63) is 0 Å². The van der Waals surface area contributed by atoms with Gasteiger partial charge in [-0.05, 0) is 30.6 Å². The van der Waals surface area contributed by atoms with Crippen molar-refractivity contribution in [2.75, 3.05) is 0 Å². The fourth-order valence-corrected chi connectivity index (χ4v) is 2.36. The standard InChI is InChI=1S/C17H33N3O4/c1-9(2)7-12(18)15(21)19-13(8-10(3)4)16(22)20-14(11(5)6)17(23)24/h9-14H,7-8,18H2,1-6H3,(H,19,21)(H,20,22)(H,23,24)/t12-,13-,14-/m0/s1. The second-order valence-corrected chi connectivity index (χ2v) is 7.50. The number of nitrogens with one attached hydrogen (secondary N) is 2. The highest BCUT2D eigenvalue weighted by molar-refractivity contribution is 5.91. The number of carbonyl (C=O) groups excluding carboxylic acids is 2. The van der Waals surface area contributed by atoms with Crippen LogP contribution in [0.15, 0.2) is 0 Å². The van der Waals surface area contributed by atoms with Crippen LogP contribution in [0.5, 0.6) is 0 Å². The van der Waals surface area contributed by atoms with Crippen LogP contribution in [0.25, 0.3) is 0 Å². The molecule has 0 bridgehead atoms. The molecule has 24 heavy (non-hydrogen) atoms. The summed E-state index contributed by atoms with van der Waals surface area (Å²) in [6, 6.07) is -2.47. The maximum absolute atomic E-state index is 12.4. The lowest BCUT2D eigenvalue weighted by molar-refractivity contribution is -0.143. The van der Waals surface area contributed by atoms with Crippen molar-refractivity contribution < 1.29 is 19.5 Å². The number of carboxylic acid groups (broad SMARTS) is 1. The third kappa shape index (κ3) is 8.29. The molecule has 0 saturated carbocycles. The number of hydrogen-bond acceptors (Lipinski definition) is 4. The Morgan fingerprint density at radius 1 is 0.875 bits per heavy atom. The monoisotopic (exact) mass is 343 g/mol. The van der Waals surface area contributed by atoms with E-state index in [0.29, 0.717) is 12.8 Å². The molecule has 0 fully saturated rings. The zero-order valence-corrected chi connectivity index (χ0v) is 15.6. The first-order valence-corrected chi connectivity index (χ1v) is 8.54. The van der Waals surface area contributed by atoms with Gasteiger partial charge in [-0.15, -0.1) is 0 Å². The molecule has 0 rings (SSSR count). The number of hydrogen-bond donors (Lipinski definition) is 4. The van der Waals surface area contributed by atoms with Crippen LogP contribution in [-0.4, -0.2) is 41.0 Å². The van der Waals surface area contributed by atoms with Gasteiger partial charge < -0.3 is 21.5 Å². The Morgan fingerprint density at radius 3 is 1.75 bits per heavy atom. The average Bonchev–Trinajstić information content (AvgIpc) is 2.41. The van der Waals surface area contributed by atoms with Gasteiger partial charge in [0.25, 0.3) is 0 Å². The topological polar surface area (TPSA) is 122 Å². The molecule has 7 nitrogen and oxygen atoms in total. The summed E-state index contributed by atoms with van der Waals surface area (Å²) in [5, 5.41) is 14.4. The number of amides is 2. The number of nitrogens with two attached hydrogens (primary N) is 1. The lowest BCUT2D eigenvalue weighted by Gasteiger charge is -2.25. The van der Waals surface area contributed by atoms with Crippen LogP contribution in [0, 0.1) is 17.8 Å². The van der Waals surface area contributed by atoms with Crippen LogP contribution in [0.2, 0.25) is 0 Å². The molecule has 2 amide bonds. The van der Waals surface area contributed by atoms with E-state index in [4.69, 9.17) is 5.73 Å². The van der Waals surface area contributed by atoms with Crippen LogP contribution in [0.3, 0.4) is 0 Å². The van der Waals surface area contributed by atoms with Crippen LogP contribution < -0.4 is 16.4 Å². The third-order valence-corrected chi connectivity index (χ3v) is 3.63. The fourth-order valence-electron chi connectivity index (χ4n) is 2.36. The Kier molecular flexibility index (Phi) is 9.58. The van der Waals surface area contributed by atoms with Gasteiger partial charge in [0.05, 0.1) is 6.04 Å². The molecule has 0 spiro atoms. The largest absolute Gasteiger partial charge is 0.480 e. The molecular weight excluding hydrogens is 310 g/mol. The van der Waals surface area contributed by atoms with E-state index in [1.165, 1.54) is 0 Å². The van der Waals surface area contributed by atoms with Crippen molar-refractivity contribution in [3.63, 3.8) is 0 Å². The van der Waals surface area contributed by atoms with Crippen molar-refractivity contribution in [2.45, 2.75) is 72.5 Å². The van der Waals surface area contributed by atoms with Crippen LogP contribution in [0.1, 0.15) is 54.4 Å². The van der Waals surface area contributed by atoms with Crippen LogP contribution in [0.4, 0.5) is 0 Å². The minimum Gasteiger partial charge on any atom is -0.480 e. The number of aliphatic carboxylic acids is 1. The average molecular weight is 343 g/mol. The fraction of sp³-hybridized carbons (Fsp3) is 0.824. The molecular formula is C17H33N3O4. The Bertz CT molecular complexity index is 436. The van der Waals surface area contributed by atoms with E-state index in [1.54, 1.807) is 13.8 Å². The summed E-state index contributed by atoms with van der Waals surface area (Å²) in [5.74, 6) is -1.81. The van der Waals surface area contributed by atoms with E-state index in [1.807, 2.05) is 27.7 Å². The highest BCUT2D eigenvalue weighted by atomic mass is 16.4. The minimum absolute atomic E-state index is 0.157. The molecule has 0 heterocycles. The molecule has 5 N–H and O–H groups in total. The number of carboxylic acids is 1. The minimum atomic E-state index is -1.09. The third-order valence-electron chi connectivity index (χ3n) is 3.63. The summed E-state index contributed by atoms with van der Waals surface area (Å²) in [7, 11) is 0. The molecule has 0 aliphatic heterocycles. The summed E-state index contributed by atoms with van der Waals surface area (Å²) in [4.78, 5) is 35.9. The first-order chi connectivity index (χ1) is 11.0. The molecule has 7 heteroatoms. The Labute approximate surface area is 144 Å². The van der Waals surface area contributed by atoms with Crippen molar-refractivity contribution in [2.24, 2.45) is 23.5 Å². The first kappa shape index (κ1) is 22.4. The predicted molar refractivity (Wildman–Crippen MR) is 93.2 cm³/mol. The molecule has 0 aromatic heterocycles. The zero-order valence-electron chi connectivity index (χ0n) is 15.6. The van der Waals surface area contributed by atoms with Crippen molar-refractivity contribution in [3.8, 4) is 0 Å². The predicted octanol–water partition coefficient (Wildman–Crippen LogP) is 1.12. The summed E-state index contributed by atoms with van der Waals surface area (Å²) in [5.41, 5.74) is 5.86. The highest BCUT2D eigenvalue weighted by Crippen LogP contribution is 2.09. The van der Waals surface area contributed by atoms with E-state index in [9.17, 15) is 19.5 Å². The van der Waals surface area contributed by atoms with E-state index in [-0.39, 0.29) is 23.7 Å². The highest BCUT2D eigenvalue weighted by Gasteiger charge is 2.29.